The lowest BCUT2D eigenvalue weighted by Crippen LogP contribution is -2.38. The van der Waals surface area contributed by atoms with Crippen molar-refractivity contribution in [3.63, 3.8) is 0 Å². The van der Waals surface area contributed by atoms with Gasteiger partial charge in [-0.1, -0.05) is 36.4 Å². The molecule has 1 atom stereocenters. The minimum atomic E-state index is 0. The number of rotatable bonds is 8. The Hall–Kier alpha value is -2.29. The van der Waals surface area contributed by atoms with E-state index in [0.29, 0.717) is 13.0 Å². The van der Waals surface area contributed by atoms with Gasteiger partial charge in [-0.3, -0.25) is 9.79 Å². The summed E-state index contributed by atoms with van der Waals surface area (Å²) in [7, 11) is 0. The Bertz CT molecular complexity index is 797. The van der Waals surface area contributed by atoms with E-state index >= 15 is 0 Å². The van der Waals surface area contributed by atoms with Crippen molar-refractivity contribution in [2.24, 2.45) is 4.99 Å². The van der Waals surface area contributed by atoms with Gasteiger partial charge in [-0.05, 0) is 37.1 Å². The van der Waals surface area contributed by atoms with Crippen LogP contribution in [0.25, 0.3) is 0 Å². The molecule has 0 bridgehead atoms. The Morgan fingerprint density at radius 2 is 1.83 bits per heavy atom. The number of para-hydroxylation sites is 2. The number of amides is 1. The molecule has 1 unspecified atom stereocenters. The second-order valence-electron chi connectivity index (χ2n) is 6.83. The maximum atomic E-state index is 12.0. The van der Waals surface area contributed by atoms with Crippen LogP contribution in [0.1, 0.15) is 31.2 Å². The normalized spacial score (nSPS) is 15.6. The molecule has 0 aliphatic carbocycles. The lowest BCUT2D eigenvalue weighted by atomic mass is 9.91. The zero-order chi connectivity index (χ0) is 19.6. The molecule has 0 radical (unpaired) electrons. The summed E-state index contributed by atoms with van der Waals surface area (Å²) in [6.45, 7) is 5.16. The smallest absolute Gasteiger partial charge is 0.225 e. The van der Waals surface area contributed by atoms with Crippen molar-refractivity contribution >= 4 is 47.2 Å². The predicted octanol–water partition coefficient (Wildman–Crippen LogP) is 3.79. The summed E-state index contributed by atoms with van der Waals surface area (Å²) < 4.78 is 0. The fraction of sp³-hybridized carbons (Fsp3) is 0.364. The van der Waals surface area contributed by atoms with Crippen molar-refractivity contribution in [3.8, 4) is 0 Å². The molecule has 0 fully saturated rings. The molecular formula is C22H30IN5O. The number of nitrogens with one attached hydrogen (secondary N) is 4. The highest BCUT2D eigenvalue weighted by atomic mass is 127. The van der Waals surface area contributed by atoms with E-state index in [-0.39, 0.29) is 35.8 Å². The first kappa shape index (κ1) is 23.0. The molecule has 0 saturated heterocycles. The second-order valence-corrected chi connectivity index (χ2v) is 6.83. The molecule has 3 rings (SSSR count). The molecule has 0 aromatic heterocycles. The number of aliphatic imine (C=N–C) groups is 1. The monoisotopic (exact) mass is 507 g/mol. The minimum Gasteiger partial charge on any atom is -0.385 e. The molecular weight excluding hydrogens is 477 g/mol. The van der Waals surface area contributed by atoms with Crippen LogP contribution in [0, 0.1) is 0 Å². The van der Waals surface area contributed by atoms with Gasteiger partial charge in [0.05, 0.1) is 6.54 Å². The third-order valence-electron chi connectivity index (χ3n) is 4.67. The number of anilines is 2. The third kappa shape index (κ3) is 7.23. The second kappa shape index (κ2) is 12.3. The summed E-state index contributed by atoms with van der Waals surface area (Å²) >= 11 is 0. The molecule has 0 spiro atoms. The maximum Gasteiger partial charge on any atom is 0.225 e. The number of guanidine groups is 1. The van der Waals surface area contributed by atoms with Gasteiger partial charge >= 0.3 is 0 Å². The van der Waals surface area contributed by atoms with E-state index in [9.17, 15) is 4.79 Å². The Labute approximate surface area is 190 Å². The van der Waals surface area contributed by atoms with E-state index in [2.05, 4.69) is 46.4 Å². The summed E-state index contributed by atoms with van der Waals surface area (Å²) in [5.41, 5.74) is 3.20. The average Bonchev–Trinajstić information content (AvgIpc) is 2.72. The van der Waals surface area contributed by atoms with E-state index in [1.54, 1.807) is 0 Å². The van der Waals surface area contributed by atoms with E-state index in [4.69, 9.17) is 4.99 Å². The van der Waals surface area contributed by atoms with Crippen molar-refractivity contribution < 1.29 is 4.79 Å². The largest absolute Gasteiger partial charge is 0.385 e. The molecule has 2 aromatic carbocycles. The standard InChI is InChI=1S/C22H29N5O.HI/c1-2-23-22(25-14-8-13-24-18-9-4-3-5-10-18)26-16-17-15-21(28)27-20-12-7-6-11-19(17)20;/h3-7,9-12,17,24H,2,8,13-16H2,1H3,(H,27,28)(H2,23,25,26);1H. The number of hydrogen-bond donors (Lipinski definition) is 4. The van der Waals surface area contributed by atoms with E-state index in [1.165, 1.54) is 0 Å². The van der Waals surface area contributed by atoms with Gasteiger partial charge in [-0.15, -0.1) is 24.0 Å². The van der Waals surface area contributed by atoms with Crippen LogP contribution in [-0.2, 0) is 4.79 Å². The number of nitrogens with zero attached hydrogens (tertiary/aromatic N) is 1. The lowest BCUT2D eigenvalue weighted by molar-refractivity contribution is -0.116. The summed E-state index contributed by atoms with van der Waals surface area (Å²) in [4.78, 5) is 16.7. The Balaban J connectivity index is 0.00000300. The molecule has 2 aromatic rings. The Morgan fingerprint density at radius 1 is 1.07 bits per heavy atom. The number of benzene rings is 2. The topological polar surface area (TPSA) is 77.5 Å². The molecule has 1 aliphatic heterocycles. The van der Waals surface area contributed by atoms with Crippen molar-refractivity contribution in [3.05, 3.63) is 60.2 Å². The lowest BCUT2D eigenvalue weighted by Gasteiger charge is -2.24. The summed E-state index contributed by atoms with van der Waals surface area (Å²) in [6, 6.07) is 18.2. The highest BCUT2D eigenvalue weighted by molar-refractivity contribution is 14.0. The number of fused-ring (bicyclic) bond motifs is 1. The van der Waals surface area contributed by atoms with Gasteiger partial charge in [0.2, 0.25) is 5.91 Å². The highest BCUT2D eigenvalue weighted by Crippen LogP contribution is 2.31. The fourth-order valence-corrected chi connectivity index (χ4v) is 3.29. The Morgan fingerprint density at radius 3 is 2.62 bits per heavy atom. The fourth-order valence-electron chi connectivity index (χ4n) is 3.29. The molecule has 1 amide bonds. The van der Waals surface area contributed by atoms with Crippen LogP contribution >= 0.6 is 24.0 Å². The Kier molecular flexibility index (Phi) is 9.76. The first-order chi connectivity index (χ1) is 13.8. The van der Waals surface area contributed by atoms with Gasteiger partial charge in [0.1, 0.15) is 0 Å². The number of carbonyl (C=O) groups is 1. The van der Waals surface area contributed by atoms with Gasteiger partial charge in [0.25, 0.3) is 0 Å². The summed E-state index contributed by atoms with van der Waals surface area (Å²) in [5, 5.41) is 13.0. The molecule has 1 heterocycles. The van der Waals surface area contributed by atoms with Crippen LogP contribution in [-0.4, -0.2) is 38.0 Å². The van der Waals surface area contributed by atoms with Crippen molar-refractivity contribution in [2.75, 3.05) is 36.8 Å². The van der Waals surface area contributed by atoms with Gasteiger partial charge in [-0.25, -0.2) is 0 Å². The average molecular weight is 507 g/mol. The molecule has 6 nitrogen and oxygen atoms in total. The zero-order valence-electron chi connectivity index (χ0n) is 16.8. The highest BCUT2D eigenvalue weighted by Gasteiger charge is 2.24. The van der Waals surface area contributed by atoms with E-state index in [0.717, 1.165) is 49.0 Å². The molecule has 29 heavy (non-hydrogen) atoms. The molecule has 0 saturated carbocycles. The molecule has 156 valence electrons. The van der Waals surface area contributed by atoms with Crippen LogP contribution < -0.4 is 21.3 Å². The first-order valence-electron chi connectivity index (χ1n) is 9.96. The maximum absolute atomic E-state index is 12.0. The van der Waals surface area contributed by atoms with Crippen LogP contribution in [0.15, 0.2) is 59.6 Å². The van der Waals surface area contributed by atoms with Crippen LogP contribution in [0.5, 0.6) is 0 Å². The number of carbonyl (C=O) groups excluding carboxylic acids is 1. The van der Waals surface area contributed by atoms with Gasteiger partial charge in [-0.2, -0.15) is 0 Å². The van der Waals surface area contributed by atoms with Crippen molar-refractivity contribution in [1.82, 2.24) is 10.6 Å². The molecule has 1 aliphatic rings. The summed E-state index contributed by atoms with van der Waals surface area (Å²) in [6.07, 6.45) is 1.45. The van der Waals surface area contributed by atoms with Crippen molar-refractivity contribution in [1.29, 1.82) is 0 Å². The van der Waals surface area contributed by atoms with E-state index in [1.807, 2.05) is 36.4 Å². The van der Waals surface area contributed by atoms with Crippen molar-refractivity contribution in [2.45, 2.75) is 25.7 Å². The quantitative estimate of drug-likeness (QED) is 0.190. The minimum absolute atomic E-state index is 0. The zero-order valence-corrected chi connectivity index (χ0v) is 19.1. The van der Waals surface area contributed by atoms with Crippen LogP contribution in [0.2, 0.25) is 0 Å². The SMILES string of the molecule is CCNC(=NCC1CC(=O)Nc2ccccc21)NCCCNc1ccccc1.I. The predicted molar refractivity (Wildman–Crippen MR) is 131 cm³/mol. The number of halogens is 1. The van der Waals surface area contributed by atoms with Crippen LogP contribution in [0.3, 0.4) is 0 Å². The molecule has 4 N–H and O–H groups in total. The van der Waals surface area contributed by atoms with Crippen LogP contribution in [0.4, 0.5) is 11.4 Å². The van der Waals surface area contributed by atoms with Gasteiger partial charge < -0.3 is 21.3 Å². The molecule has 7 heteroatoms. The summed E-state index contributed by atoms with van der Waals surface area (Å²) in [5.74, 6) is 0.967. The van der Waals surface area contributed by atoms with Gasteiger partial charge in [0, 0.05) is 43.3 Å². The first-order valence-corrected chi connectivity index (χ1v) is 9.96. The third-order valence-corrected chi connectivity index (χ3v) is 4.67. The van der Waals surface area contributed by atoms with Gasteiger partial charge in [0.15, 0.2) is 5.96 Å². The number of hydrogen-bond acceptors (Lipinski definition) is 3. The van der Waals surface area contributed by atoms with E-state index < -0.39 is 0 Å².